The summed E-state index contributed by atoms with van der Waals surface area (Å²) in [6, 6.07) is 0.0453. The zero-order chi connectivity index (χ0) is 15.5. The summed E-state index contributed by atoms with van der Waals surface area (Å²) in [5.41, 5.74) is 1.28. The van der Waals surface area contributed by atoms with Crippen molar-refractivity contribution in [2.75, 3.05) is 24.6 Å². The maximum atomic E-state index is 12.6. The van der Waals surface area contributed by atoms with Crippen LogP contribution >= 0.6 is 11.8 Å². The standard InChI is InChI=1S/C13H24N4O2S2/c1-4-14-6-7-17-11(3)13(10(2)15-17)21(18,19)16-12-5-8-20-9-12/h12,14,16H,4-9H2,1-3H3. The normalized spacial score (nSPS) is 19.3. The molecule has 2 heterocycles. The molecule has 1 aromatic rings. The van der Waals surface area contributed by atoms with Gasteiger partial charge in [0.1, 0.15) is 4.90 Å². The number of aryl methyl sites for hydroxylation is 1. The van der Waals surface area contributed by atoms with Crippen molar-refractivity contribution in [1.29, 1.82) is 0 Å². The van der Waals surface area contributed by atoms with Gasteiger partial charge in [0.2, 0.25) is 10.0 Å². The van der Waals surface area contributed by atoms with Gasteiger partial charge < -0.3 is 5.32 Å². The predicted molar refractivity (Wildman–Crippen MR) is 86.3 cm³/mol. The van der Waals surface area contributed by atoms with Crippen LogP contribution in [0.5, 0.6) is 0 Å². The number of nitrogens with zero attached hydrogens (tertiary/aromatic N) is 2. The molecular formula is C13H24N4O2S2. The molecule has 6 nitrogen and oxygen atoms in total. The number of aromatic nitrogens is 2. The van der Waals surface area contributed by atoms with Crippen molar-refractivity contribution in [2.45, 2.75) is 44.7 Å². The molecule has 8 heteroatoms. The molecule has 0 radical (unpaired) electrons. The molecule has 21 heavy (non-hydrogen) atoms. The number of nitrogens with one attached hydrogen (secondary N) is 2. The summed E-state index contributed by atoms with van der Waals surface area (Å²) in [4.78, 5) is 0.343. The molecule has 0 spiro atoms. The second-order valence-corrected chi connectivity index (χ2v) is 8.06. The van der Waals surface area contributed by atoms with E-state index in [9.17, 15) is 8.42 Å². The third kappa shape index (κ3) is 4.00. The molecule has 2 rings (SSSR count). The lowest BCUT2D eigenvalue weighted by Crippen LogP contribution is -2.35. The van der Waals surface area contributed by atoms with E-state index in [4.69, 9.17) is 0 Å². The Morgan fingerprint density at radius 3 is 2.81 bits per heavy atom. The largest absolute Gasteiger partial charge is 0.315 e. The Labute approximate surface area is 131 Å². The van der Waals surface area contributed by atoms with Crippen LogP contribution in [0.15, 0.2) is 4.90 Å². The van der Waals surface area contributed by atoms with Gasteiger partial charge in [0.15, 0.2) is 0 Å². The predicted octanol–water partition coefficient (Wildman–Crippen LogP) is 0.893. The molecule has 2 N–H and O–H groups in total. The molecule has 0 amide bonds. The first-order chi connectivity index (χ1) is 9.95. The van der Waals surface area contributed by atoms with E-state index in [0.29, 0.717) is 22.8 Å². The molecule has 1 aromatic heterocycles. The summed E-state index contributed by atoms with van der Waals surface area (Å²) in [5, 5.41) is 7.60. The lowest BCUT2D eigenvalue weighted by atomic mass is 10.3. The molecule has 1 aliphatic rings. The van der Waals surface area contributed by atoms with Crippen LogP contribution < -0.4 is 10.0 Å². The first kappa shape index (κ1) is 16.8. The summed E-state index contributed by atoms with van der Waals surface area (Å²) < 4.78 is 29.8. The fraction of sp³-hybridized carbons (Fsp3) is 0.769. The second-order valence-electron chi connectivity index (χ2n) is 5.26. The molecule has 120 valence electrons. The molecule has 1 aliphatic heterocycles. The average Bonchev–Trinajstić information content (AvgIpc) is 2.98. The Morgan fingerprint density at radius 1 is 1.43 bits per heavy atom. The van der Waals surface area contributed by atoms with Crippen LogP contribution in [0.25, 0.3) is 0 Å². The third-order valence-corrected chi connectivity index (χ3v) is 6.52. The lowest BCUT2D eigenvalue weighted by molar-refractivity contribution is 0.547. The van der Waals surface area contributed by atoms with Crippen molar-refractivity contribution in [3.63, 3.8) is 0 Å². The summed E-state index contributed by atoms with van der Waals surface area (Å²) in [6.07, 6.45) is 0.899. The van der Waals surface area contributed by atoms with Gasteiger partial charge in [-0.05, 0) is 32.6 Å². The molecule has 1 saturated heterocycles. The number of hydrogen-bond acceptors (Lipinski definition) is 5. The van der Waals surface area contributed by atoms with E-state index >= 15 is 0 Å². The average molecular weight is 332 g/mol. The van der Waals surface area contributed by atoms with Gasteiger partial charge in [0, 0.05) is 18.3 Å². The molecule has 1 fully saturated rings. The smallest absolute Gasteiger partial charge is 0.244 e. The Balaban J connectivity index is 2.17. The summed E-state index contributed by atoms with van der Waals surface area (Å²) in [7, 11) is -3.48. The summed E-state index contributed by atoms with van der Waals surface area (Å²) in [5.74, 6) is 1.87. The lowest BCUT2D eigenvalue weighted by Gasteiger charge is -2.12. The zero-order valence-electron chi connectivity index (χ0n) is 12.8. The van der Waals surface area contributed by atoms with Gasteiger partial charge in [0.25, 0.3) is 0 Å². The van der Waals surface area contributed by atoms with Crippen molar-refractivity contribution in [1.82, 2.24) is 19.8 Å². The van der Waals surface area contributed by atoms with Crippen molar-refractivity contribution in [3.8, 4) is 0 Å². The van der Waals surface area contributed by atoms with Gasteiger partial charge in [-0.2, -0.15) is 16.9 Å². The minimum Gasteiger partial charge on any atom is -0.315 e. The number of sulfonamides is 1. The van der Waals surface area contributed by atoms with Crippen LogP contribution in [0.4, 0.5) is 0 Å². The van der Waals surface area contributed by atoms with Crippen molar-refractivity contribution in [2.24, 2.45) is 0 Å². The molecular weight excluding hydrogens is 308 g/mol. The highest BCUT2D eigenvalue weighted by molar-refractivity contribution is 7.99. The Hall–Kier alpha value is -0.570. The second kappa shape index (κ2) is 7.13. The molecule has 0 aliphatic carbocycles. The van der Waals surface area contributed by atoms with Crippen LogP contribution in [0.1, 0.15) is 24.7 Å². The topological polar surface area (TPSA) is 76.0 Å². The van der Waals surface area contributed by atoms with Crippen molar-refractivity contribution < 1.29 is 8.42 Å². The monoisotopic (exact) mass is 332 g/mol. The van der Waals surface area contributed by atoms with Crippen LogP contribution in [0.3, 0.4) is 0 Å². The minimum atomic E-state index is -3.48. The van der Waals surface area contributed by atoms with Gasteiger partial charge in [-0.15, -0.1) is 0 Å². The van der Waals surface area contributed by atoms with Crippen molar-refractivity contribution >= 4 is 21.8 Å². The highest BCUT2D eigenvalue weighted by atomic mass is 32.2. The quantitative estimate of drug-likeness (QED) is 0.726. The number of hydrogen-bond donors (Lipinski definition) is 2. The molecule has 0 saturated carbocycles. The molecule has 0 aromatic carbocycles. The SMILES string of the molecule is CCNCCn1nc(C)c(S(=O)(=O)NC2CCSC2)c1C. The van der Waals surface area contributed by atoms with E-state index in [-0.39, 0.29) is 6.04 Å². The van der Waals surface area contributed by atoms with E-state index in [1.54, 1.807) is 23.4 Å². The first-order valence-corrected chi connectivity index (χ1v) is 9.94. The van der Waals surface area contributed by atoms with Crippen LogP contribution in [0, 0.1) is 13.8 Å². The van der Waals surface area contributed by atoms with E-state index in [0.717, 1.165) is 31.0 Å². The van der Waals surface area contributed by atoms with E-state index in [2.05, 4.69) is 15.1 Å². The van der Waals surface area contributed by atoms with Crippen LogP contribution in [0.2, 0.25) is 0 Å². The number of likely N-dealkylation sites (N-methyl/N-ethyl adjacent to an activating group) is 1. The Kier molecular flexibility index (Phi) is 5.70. The molecule has 1 atom stereocenters. The van der Waals surface area contributed by atoms with E-state index in [1.807, 2.05) is 13.8 Å². The van der Waals surface area contributed by atoms with Gasteiger partial charge in [0.05, 0.1) is 17.9 Å². The molecule has 0 bridgehead atoms. The van der Waals surface area contributed by atoms with E-state index in [1.165, 1.54) is 0 Å². The van der Waals surface area contributed by atoms with Gasteiger partial charge >= 0.3 is 0 Å². The zero-order valence-corrected chi connectivity index (χ0v) is 14.5. The van der Waals surface area contributed by atoms with E-state index < -0.39 is 10.0 Å². The van der Waals surface area contributed by atoms with Crippen LogP contribution in [-0.4, -0.2) is 48.8 Å². The third-order valence-electron chi connectivity index (χ3n) is 3.59. The number of rotatable bonds is 7. The highest BCUT2D eigenvalue weighted by Crippen LogP contribution is 2.23. The maximum Gasteiger partial charge on any atom is 0.244 e. The Bertz CT molecular complexity index is 577. The van der Waals surface area contributed by atoms with Crippen LogP contribution in [-0.2, 0) is 16.6 Å². The summed E-state index contributed by atoms with van der Waals surface area (Å²) >= 11 is 1.79. The van der Waals surface area contributed by atoms with Gasteiger partial charge in [-0.1, -0.05) is 6.92 Å². The maximum absolute atomic E-state index is 12.6. The van der Waals surface area contributed by atoms with Gasteiger partial charge in [-0.3, -0.25) is 4.68 Å². The minimum absolute atomic E-state index is 0.0453. The van der Waals surface area contributed by atoms with Crippen molar-refractivity contribution in [3.05, 3.63) is 11.4 Å². The molecule has 1 unspecified atom stereocenters. The fourth-order valence-electron chi connectivity index (χ4n) is 2.55. The Morgan fingerprint density at radius 2 is 2.19 bits per heavy atom. The summed E-state index contributed by atoms with van der Waals surface area (Å²) in [6.45, 7) is 7.98. The van der Waals surface area contributed by atoms with Gasteiger partial charge in [-0.25, -0.2) is 13.1 Å². The number of thioether (sulfide) groups is 1. The highest BCUT2D eigenvalue weighted by Gasteiger charge is 2.28. The first-order valence-electron chi connectivity index (χ1n) is 7.30. The fourth-order valence-corrected chi connectivity index (χ4v) is 5.49.